The van der Waals surface area contributed by atoms with Gasteiger partial charge >= 0.3 is 6.09 Å². The van der Waals surface area contributed by atoms with Crippen LogP contribution in [0.5, 0.6) is 5.75 Å². The number of hydrogen-bond acceptors (Lipinski definition) is 7. The van der Waals surface area contributed by atoms with E-state index in [4.69, 9.17) is 9.47 Å². The molecule has 2 aromatic rings. The second-order valence-electron chi connectivity index (χ2n) is 7.92. The summed E-state index contributed by atoms with van der Waals surface area (Å²) in [5, 5.41) is 0. The molecule has 2 heterocycles. The Hall–Kier alpha value is -2.55. The van der Waals surface area contributed by atoms with Crippen LogP contribution >= 0.6 is 11.8 Å². The molecule has 0 N–H and O–H groups in total. The van der Waals surface area contributed by atoms with E-state index < -0.39 is 5.60 Å². The normalized spacial score (nSPS) is 14.6. The van der Waals surface area contributed by atoms with E-state index in [2.05, 4.69) is 9.97 Å². The zero-order chi connectivity index (χ0) is 21.7. The first-order valence-electron chi connectivity index (χ1n) is 9.75. The number of halogens is 1. The van der Waals surface area contributed by atoms with Crippen LogP contribution in [0, 0.1) is 5.82 Å². The maximum Gasteiger partial charge on any atom is 0.410 e. The number of anilines is 1. The highest BCUT2D eigenvalue weighted by Gasteiger charge is 2.26. The smallest absolute Gasteiger partial charge is 0.410 e. The fraction of sp³-hybridized carbons (Fsp3) is 0.476. The van der Waals surface area contributed by atoms with Crippen molar-refractivity contribution in [2.75, 3.05) is 37.3 Å². The molecule has 0 spiro atoms. The van der Waals surface area contributed by atoms with Gasteiger partial charge in [0.2, 0.25) is 5.95 Å². The third kappa shape index (κ3) is 5.98. The molecule has 1 aliphatic rings. The van der Waals surface area contributed by atoms with Gasteiger partial charge in [0.15, 0.2) is 5.75 Å². The average Bonchev–Trinajstić information content (AvgIpc) is 2.72. The van der Waals surface area contributed by atoms with E-state index in [1.54, 1.807) is 23.4 Å². The molecule has 0 aliphatic carbocycles. The van der Waals surface area contributed by atoms with E-state index in [0.29, 0.717) is 43.4 Å². The summed E-state index contributed by atoms with van der Waals surface area (Å²) in [4.78, 5) is 25.4. The molecule has 0 radical (unpaired) electrons. The second kappa shape index (κ2) is 9.51. The van der Waals surface area contributed by atoms with Crippen molar-refractivity contribution in [2.45, 2.75) is 37.9 Å². The van der Waals surface area contributed by atoms with Crippen molar-refractivity contribution in [1.82, 2.24) is 14.9 Å². The number of hydrogen-bond donors (Lipinski definition) is 0. The lowest BCUT2D eigenvalue weighted by Crippen LogP contribution is -2.50. The number of rotatable bonds is 5. The van der Waals surface area contributed by atoms with E-state index in [-0.39, 0.29) is 18.5 Å². The number of thioether (sulfide) groups is 1. The third-order valence-corrected chi connectivity index (χ3v) is 5.21. The van der Waals surface area contributed by atoms with Gasteiger partial charge < -0.3 is 19.3 Å². The summed E-state index contributed by atoms with van der Waals surface area (Å²) in [6, 6.07) is 5.09. The minimum absolute atomic E-state index is 0.109. The van der Waals surface area contributed by atoms with Gasteiger partial charge in [0.1, 0.15) is 18.0 Å². The Bertz CT molecular complexity index is 866. The Kier molecular flexibility index (Phi) is 7.02. The molecule has 0 atom stereocenters. The summed E-state index contributed by atoms with van der Waals surface area (Å²) in [5.41, 5.74) is -0.0253. The summed E-state index contributed by atoms with van der Waals surface area (Å²) < 4.78 is 25.1. The summed E-state index contributed by atoms with van der Waals surface area (Å²) >= 11 is 1.49. The van der Waals surface area contributed by atoms with Crippen molar-refractivity contribution < 1.29 is 18.7 Å². The fourth-order valence-electron chi connectivity index (χ4n) is 2.90. The second-order valence-corrected chi connectivity index (χ2v) is 8.80. The van der Waals surface area contributed by atoms with E-state index in [1.165, 1.54) is 17.8 Å². The topological polar surface area (TPSA) is 67.8 Å². The van der Waals surface area contributed by atoms with Gasteiger partial charge in [-0.3, -0.25) is 0 Å². The van der Waals surface area contributed by atoms with Crippen LogP contribution in [0.2, 0.25) is 0 Å². The van der Waals surface area contributed by atoms with E-state index in [9.17, 15) is 9.18 Å². The minimum Gasteiger partial charge on any atom is -0.486 e. The van der Waals surface area contributed by atoms with Crippen LogP contribution in [0.1, 0.15) is 26.3 Å². The molecule has 3 rings (SSSR count). The Labute approximate surface area is 180 Å². The molecule has 7 nitrogen and oxygen atoms in total. The van der Waals surface area contributed by atoms with Crippen molar-refractivity contribution >= 4 is 23.8 Å². The molecule has 9 heteroatoms. The zero-order valence-corrected chi connectivity index (χ0v) is 18.5. The van der Waals surface area contributed by atoms with Gasteiger partial charge in [-0.1, -0.05) is 6.07 Å². The van der Waals surface area contributed by atoms with Gasteiger partial charge in [0.25, 0.3) is 0 Å². The molecular weight excluding hydrogens is 407 g/mol. The molecular formula is C21H27FN4O3S. The Morgan fingerprint density at radius 3 is 2.40 bits per heavy atom. The lowest BCUT2D eigenvalue weighted by molar-refractivity contribution is 0.0240. The molecule has 1 amide bonds. The van der Waals surface area contributed by atoms with Crippen LogP contribution in [0.15, 0.2) is 35.5 Å². The Morgan fingerprint density at radius 1 is 1.17 bits per heavy atom. The third-order valence-electron chi connectivity index (χ3n) is 4.48. The lowest BCUT2D eigenvalue weighted by atomic mass is 10.2. The van der Waals surface area contributed by atoms with Crippen molar-refractivity contribution in [3.05, 3.63) is 42.0 Å². The molecule has 1 saturated heterocycles. The largest absolute Gasteiger partial charge is 0.486 e. The zero-order valence-electron chi connectivity index (χ0n) is 17.7. The Balaban J connectivity index is 1.51. The Morgan fingerprint density at radius 2 is 1.83 bits per heavy atom. The quantitative estimate of drug-likeness (QED) is 0.660. The number of piperazine rings is 1. The molecule has 1 aliphatic heterocycles. The van der Waals surface area contributed by atoms with Gasteiger partial charge in [-0.15, -0.1) is 11.8 Å². The highest BCUT2D eigenvalue weighted by molar-refractivity contribution is 7.98. The van der Waals surface area contributed by atoms with E-state index >= 15 is 0 Å². The van der Waals surface area contributed by atoms with Crippen molar-refractivity contribution in [3.8, 4) is 5.75 Å². The first-order valence-corrected chi connectivity index (χ1v) is 11.0. The summed E-state index contributed by atoms with van der Waals surface area (Å²) in [6.45, 7) is 7.99. The number of carbonyl (C=O) groups is 1. The van der Waals surface area contributed by atoms with Crippen molar-refractivity contribution in [1.29, 1.82) is 0 Å². The molecule has 30 heavy (non-hydrogen) atoms. The maximum absolute atomic E-state index is 14.1. The highest BCUT2D eigenvalue weighted by Crippen LogP contribution is 2.21. The van der Waals surface area contributed by atoms with Gasteiger partial charge in [0.05, 0.1) is 12.4 Å². The number of amides is 1. The summed E-state index contributed by atoms with van der Waals surface area (Å²) in [7, 11) is 0. The van der Waals surface area contributed by atoms with Crippen molar-refractivity contribution in [2.24, 2.45) is 0 Å². The summed E-state index contributed by atoms with van der Waals surface area (Å²) in [6.07, 6.45) is 4.76. The molecule has 0 unspecified atom stereocenters. The maximum atomic E-state index is 14.1. The first kappa shape index (κ1) is 22.1. The number of nitrogens with zero attached hydrogens (tertiary/aromatic N) is 4. The minimum atomic E-state index is -0.507. The van der Waals surface area contributed by atoms with Crippen LogP contribution in [-0.2, 0) is 11.3 Å². The van der Waals surface area contributed by atoms with E-state index in [0.717, 1.165) is 4.90 Å². The summed E-state index contributed by atoms with van der Waals surface area (Å²) in [5.74, 6) is 0.753. The fourth-order valence-corrected chi connectivity index (χ4v) is 3.32. The first-order chi connectivity index (χ1) is 14.2. The van der Waals surface area contributed by atoms with Crippen LogP contribution in [0.4, 0.5) is 15.1 Å². The molecule has 0 bridgehead atoms. The van der Waals surface area contributed by atoms with Gasteiger partial charge in [-0.05, 0) is 39.2 Å². The van der Waals surface area contributed by atoms with Gasteiger partial charge in [0, 0.05) is 36.6 Å². The van der Waals surface area contributed by atoms with Crippen LogP contribution in [0.25, 0.3) is 0 Å². The standard InChI is InChI=1S/C21H27FN4O3S/c1-21(2,3)29-20(27)26-9-7-25(8-10-26)19-23-12-16(13-24-19)28-14-15-5-6-17(30-4)11-18(15)22/h5-6,11-13H,7-10,14H2,1-4H3. The van der Waals surface area contributed by atoms with Crippen molar-refractivity contribution in [3.63, 3.8) is 0 Å². The molecule has 1 aromatic carbocycles. The monoisotopic (exact) mass is 434 g/mol. The predicted octanol–water partition coefficient (Wildman–Crippen LogP) is 3.97. The van der Waals surface area contributed by atoms with Gasteiger partial charge in [-0.2, -0.15) is 0 Å². The highest BCUT2D eigenvalue weighted by atomic mass is 32.2. The molecule has 1 aromatic heterocycles. The predicted molar refractivity (Wildman–Crippen MR) is 115 cm³/mol. The molecule has 162 valence electrons. The SMILES string of the molecule is CSc1ccc(COc2cnc(N3CCN(C(=O)OC(C)(C)C)CC3)nc2)c(F)c1. The number of ether oxygens (including phenoxy) is 2. The van der Waals surface area contributed by atoms with Crippen LogP contribution in [-0.4, -0.2) is 59.0 Å². The van der Waals surface area contributed by atoms with Crippen LogP contribution in [0.3, 0.4) is 0 Å². The number of aromatic nitrogens is 2. The number of benzene rings is 1. The molecule has 1 fully saturated rings. The number of carbonyl (C=O) groups excluding carboxylic acids is 1. The van der Waals surface area contributed by atoms with Gasteiger partial charge in [-0.25, -0.2) is 19.2 Å². The lowest BCUT2D eigenvalue weighted by Gasteiger charge is -2.35. The molecule has 0 saturated carbocycles. The van der Waals surface area contributed by atoms with E-state index in [1.807, 2.05) is 38.0 Å². The average molecular weight is 435 g/mol. The van der Waals surface area contributed by atoms with Crippen LogP contribution < -0.4 is 9.64 Å².